The van der Waals surface area contributed by atoms with Gasteiger partial charge < -0.3 is 5.32 Å². The molecule has 102 valence electrons. The van der Waals surface area contributed by atoms with E-state index in [-0.39, 0.29) is 0 Å². The molecular weight excluding hydrogens is 208 g/mol. The first kappa shape index (κ1) is 15.0. The van der Waals surface area contributed by atoms with Crippen LogP contribution in [0.1, 0.15) is 53.9 Å². The van der Waals surface area contributed by atoms with Crippen LogP contribution in [0.2, 0.25) is 0 Å². The Kier molecular flexibility index (Phi) is 5.94. The van der Waals surface area contributed by atoms with Crippen molar-refractivity contribution >= 4 is 0 Å². The smallest absolute Gasteiger partial charge is 0.0568 e. The van der Waals surface area contributed by atoms with Crippen molar-refractivity contribution in [2.24, 2.45) is 17.8 Å². The number of hydrogen-bond donors (Lipinski definition) is 1. The molecule has 2 nitrogen and oxygen atoms in total. The van der Waals surface area contributed by atoms with Gasteiger partial charge in [0.15, 0.2) is 0 Å². The zero-order valence-corrected chi connectivity index (χ0v) is 12.7. The molecule has 0 amide bonds. The summed E-state index contributed by atoms with van der Waals surface area (Å²) in [5, 5.41) is 3.40. The van der Waals surface area contributed by atoms with Crippen LogP contribution in [0.3, 0.4) is 0 Å². The molecule has 0 aromatic rings. The summed E-state index contributed by atoms with van der Waals surface area (Å²) in [5.74, 6) is 2.48. The average Bonchev–Trinajstić information content (AvgIpc) is 2.83. The second-order valence-corrected chi connectivity index (χ2v) is 6.02. The van der Waals surface area contributed by atoms with Crippen molar-refractivity contribution in [1.29, 1.82) is 0 Å². The summed E-state index contributed by atoms with van der Waals surface area (Å²) in [5.41, 5.74) is 0. The molecule has 0 aliphatic carbocycles. The minimum atomic E-state index is 0.522. The van der Waals surface area contributed by atoms with E-state index in [0.717, 1.165) is 23.8 Å². The lowest BCUT2D eigenvalue weighted by Crippen LogP contribution is -2.48. The van der Waals surface area contributed by atoms with E-state index in [1.54, 1.807) is 0 Å². The van der Waals surface area contributed by atoms with E-state index in [2.05, 4.69) is 51.9 Å². The summed E-state index contributed by atoms with van der Waals surface area (Å²) < 4.78 is 0. The summed E-state index contributed by atoms with van der Waals surface area (Å²) >= 11 is 0. The Bertz CT molecular complexity index is 217. The first-order valence-corrected chi connectivity index (χ1v) is 7.45. The third-order valence-electron chi connectivity index (χ3n) is 5.24. The molecule has 17 heavy (non-hydrogen) atoms. The molecule has 2 heteroatoms. The second-order valence-electron chi connectivity index (χ2n) is 6.02. The quantitative estimate of drug-likeness (QED) is 0.766. The second kappa shape index (κ2) is 6.75. The third kappa shape index (κ3) is 3.45. The molecule has 1 aliphatic heterocycles. The van der Waals surface area contributed by atoms with Crippen LogP contribution < -0.4 is 5.32 Å². The van der Waals surface area contributed by atoms with Crippen molar-refractivity contribution in [2.45, 2.75) is 66.1 Å². The first-order chi connectivity index (χ1) is 8.02. The maximum absolute atomic E-state index is 3.40. The lowest BCUT2D eigenvalue weighted by molar-refractivity contribution is 0.0939. The van der Waals surface area contributed by atoms with Crippen LogP contribution in [0.25, 0.3) is 0 Å². The van der Waals surface area contributed by atoms with Gasteiger partial charge in [0.05, 0.1) is 6.17 Å². The van der Waals surface area contributed by atoms with E-state index < -0.39 is 0 Å². The molecule has 0 aromatic carbocycles. The Hall–Kier alpha value is -0.0800. The van der Waals surface area contributed by atoms with Crippen LogP contribution in [0.15, 0.2) is 0 Å². The minimum absolute atomic E-state index is 0.522. The molecule has 0 spiro atoms. The van der Waals surface area contributed by atoms with E-state index >= 15 is 0 Å². The van der Waals surface area contributed by atoms with Crippen LogP contribution in [-0.2, 0) is 0 Å². The Labute approximate surface area is 108 Å². The molecule has 1 heterocycles. The molecule has 5 atom stereocenters. The fourth-order valence-corrected chi connectivity index (χ4v) is 3.27. The van der Waals surface area contributed by atoms with Gasteiger partial charge in [-0.1, -0.05) is 34.1 Å². The van der Waals surface area contributed by atoms with E-state index in [1.165, 1.54) is 25.8 Å². The molecule has 1 rings (SSSR count). The highest BCUT2D eigenvalue weighted by atomic mass is 15.3. The lowest BCUT2D eigenvalue weighted by Gasteiger charge is -2.38. The normalized spacial score (nSPS) is 28.9. The van der Waals surface area contributed by atoms with Gasteiger partial charge in [0.2, 0.25) is 0 Å². The standard InChI is InChI=1S/C15H32N2/c1-7-11(2)12(3)13(4)15-9-8-10-17(15)14(5)16-6/h11-16H,7-10H2,1-6H3. The zero-order chi connectivity index (χ0) is 13.0. The topological polar surface area (TPSA) is 15.3 Å². The van der Waals surface area contributed by atoms with Crippen molar-refractivity contribution in [3.05, 3.63) is 0 Å². The van der Waals surface area contributed by atoms with Crippen molar-refractivity contribution < 1.29 is 0 Å². The molecule has 0 saturated carbocycles. The fourth-order valence-electron chi connectivity index (χ4n) is 3.27. The SMILES string of the molecule is CCC(C)C(C)C(C)C1CCCN1C(C)NC. The molecule has 0 bridgehead atoms. The Morgan fingerprint density at radius 2 is 1.88 bits per heavy atom. The van der Waals surface area contributed by atoms with Gasteiger partial charge in [-0.25, -0.2) is 0 Å². The van der Waals surface area contributed by atoms with Crippen LogP contribution >= 0.6 is 0 Å². The molecule has 0 aromatic heterocycles. The summed E-state index contributed by atoms with van der Waals surface area (Å²) in [7, 11) is 2.07. The van der Waals surface area contributed by atoms with E-state index in [4.69, 9.17) is 0 Å². The number of hydrogen-bond acceptors (Lipinski definition) is 2. The van der Waals surface area contributed by atoms with Gasteiger partial charge in [0, 0.05) is 6.04 Å². The number of nitrogens with zero attached hydrogens (tertiary/aromatic N) is 1. The Balaban J connectivity index is 2.64. The predicted molar refractivity (Wildman–Crippen MR) is 76.0 cm³/mol. The highest BCUT2D eigenvalue weighted by molar-refractivity contribution is 4.88. The maximum atomic E-state index is 3.40. The lowest BCUT2D eigenvalue weighted by atomic mass is 9.79. The minimum Gasteiger partial charge on any atom is -0.305 e. The van der Waals surface area contributed by atoms with Crippen molar-refractivity contribution in [3.63, 3.8) is 0 Å². The monoisotopic (exact) mass is 240 g/mol. The van der Waals surface area contributed by atoms with Crippen molar-refractivity contribution in [1.82, 2.24) is 10.2 Å². The zero-order valence-electron chi connectivity index (χ0n) is 12.7. The summed E-state index contributed by atoms with van der Waals surface area (Å²) in [6, 6.07) is 0.779. The Morgan fingerprint density at radius 3 is 2.41 bits per heavy atom. The van der Waals surface area contributed by atoms with Gasteiger partial charge in [-0.2, -0.15) is 0 Å². The molecule has 1 aliphatic rings. The van der Waals surface area contributed by atoms with Gasteiger partial charge in [-0.15, -0.1) is 0 Å². The van der Waals surface area contributed by atoms with E-state index in [9.17, 15) is 0 Å². The molecular formula is C15H32N2. The summed E-state index contributed by atoms with van der Waals surface area (Å²) in [6.45, 7) is 13.2. The first-order valence-electron chi connectivity index (χ1n) is 7.45. The van der Waals surface area contributed by atoms with Crippen molar-refractivity contribution in [3.8, 4) is 0 Å². The third-order valence-corrected chi connectivity index (χ3v) is 5.24. The molecule has 0 radical (unpaired) electrons. The molecule has 1 saturated heterocycles. The largest absolute Gasteiger partial charge is 0.305 e. The predicted octanol–water partition coefficient (Wildman–Crippen LogP) is 3.33. The van der Waals surface area contributed by atoms with E-state index in [0.29, 0.717) is 6.17 Å². The summed E-state index contributed by atoms with van der Waals surface area (Å²) in [4.78, 5) is 2.67. The Morgan fingerprint density at radius 1 is 1.24 bits per heavy atom. The number of rotatable bonds is 6. The van der Waals surface area contributed by atoms with Crippen molar-refractivity contribution in [2.75, 3.05) is 13.6 Å². The average molecular weight is 240 g/mol. The van der Waals surface area contributed by atoms with Gasteiger partial charge in [0.25, 0.3) is 0 Å². The van der Waals surface area contributed by atoms with Crippen LogP contribution in [0.4, 0.5) is 0 Å². The van der Waals surface area contributed by atoms with Gasteiger partial charge in [0.1, 0.15) is 0 Å². The summed E-state index contributed by atoms with van der Waals surface area (Å²) in [6.07, 6.45) is 4.58. The molecule has 1 fully saturated rings. The van der Waals surface area contributed by atoms with Gasteiger partial charge >= 0.3 is 0 Å². The van der Waals surface area contributed by atoms with Crippen LogP contribution in [0, 0.1) is 17.8 Å². The number of likely N-dealkylation sites (tertiary alicyclic amines) is 1. The number of nitrogens with one attached hydrogen (secondary N) is 1. The van der Waals surface area contributed by atoms with E-state index in [1.807, 2.05) is 0 Å². The van der Waals surface area contributed by atoms with Crippen LogP contribution in [0.5, 0.6) is 0 Å². The van der Waals surface area contributed by atoms with Gasteiger partial charge in [-0.3, -0.25) is 4.90 Å². The fraction of sp³-hybridized carbons (Fsp3) is 1.00. The van der Waals surface area contributed by atoms with Crippen LogP contribution in [-0.4, -0.2) is 30.7 Å². The van der Waals surface area contributed by atoms with Gasteiger partial charge in [-0.05, 0) is 51.1 Å². The maximum Gasteiger partial charge on any atom is 0.0568 e. The molecule has 5 unspecified atom stereocenters. The molecule has 1 N–H and O–H groups in total. The highest BCUT2D eigenvalue weighted by Gasteiger charge is 2.35. The highest BCUT2D eigenvalue weighted by Crippen LogP contribution is 2.33.